The first-order chi connectivity index (χ1) is 20.5. The third-order valence-electron chi connectivity index (χ3n) is 10.2. The van der Waals surface area contributed by atoms with Gasteiger partial charge in [-0.15, -0.1) is 0 Å². The lowest BCUT2D eigenvalue weighted by molar-refractivity contribution is -0.0160. The maximum atomic E-state index is 13.6. The number of hydrogen-bond donors (Lipinski definition) is 3. The van der Waals surface area contributed by atoms with Crippen LogP contribution >= 0.6 is 0 Å². The fourth-order valence-corrected chi connectivity index (χ4v) is 8.42. The van der Waals surface area contributed by atoms with Crippen LogP contribution in [0.15, 0.2) is 42.5 Å². The van der Waals surface area contributed by atoms with Gasteiger partial charge in [-0.2, -0.15) is 0 Å². The van der Waals surface area contributed by atoms with Crippen molar-refractivity contribution in [1.29, 1.82) is 0 Å². The van der Waals surface area contributed by atoms with E-state index in [0.29, 0.717) is 29.0 Å². The van der Waals surface area contributed by atoms with Gasteiger partial charge in [-0.25, -0.2) is 9.59 Å². The molecule has 1 heterocycles. The minimum absolute atomic E-state index is 0.00346. The minimum atomic E-state index is -0.453. The van der Waals surface area contributed by atoms with Gasteiger partial charge in [0.15, 0.2) is 0 Å². The summed E-state index contributed by atoms with van der Waals surface area (Å²) in [5.74, 6) is 1.65. The molecule has 0 spiro atoms. The molecule has 1 unspecified atom stereocenters. The van der Waals surface area contributed by atoms with Gasteiger partial charge in [0, 0.05) is 35.9 Å². The first-order valence-corrected chi connectivity index (χ1v) is 16.0. The number of amides is 3. The Bertz CT molecular complexity index is 1340. The van der Waals surface area contributed by atoms with Gasteiger partial charge in [-0.3, -0.25) is 4.79 Å². The van der Waals surface area contributed by atoms with E-state index in [1.54, 1.807) is 18.2 Å². The molecule has 1 atom stereocenters. The van der Waals surface area contributed by atoms with Gasteiger partial charge in [-0.05, 0) is 110 Å². The number of hydrogen-bond acceptors (Lipinski definition) is 5. The number of benzene rings is 2. The summed E-state index contributed by atoms with van der Waals surface area (Å²) in [7, 11) is 1.36. The van der Waals surface area contributed by atoms with Gasteiger partial charge in [-0.1, -0.05) is 32.9 Å². The summed E-state index contributed by atoms with van der Waals surface area (Å²) in [6, 6.07) is 12.8. The van der Waals surface area contributed by atoms with Gasteiger partial charge >= 0.3 is 12.0 Å². The minimum Gasteiger partial charge on any atom is -0.465 e. The molecule has 0 aromatic heterocycles. The van der Waals surface area contributed by atoms with Crippen molar-refractivity contribution in [2.24, 2.45) is 17.8 Å². The number of carbonyl (C=O) groups is 3. The van der Waals surface area contributed by atoms with Crippen LogP contribution in [0.25, 0.3) is 0 Å². The Morgan fingerprint density at radius 1 is 0.930 bits per heavy atom. The Labute approximate surface area is 255 Å². The zero-order valence-corrected chi connectivity index (χ0v) is 26.0. The fraction of sp³-hybridized carbons (Fsp3) is 0.571. The van der Waals surface area contributed by atoms with Crippen molar-refractivity contribution in [3.63, 3.8) is 0 Å². The third-order valence-corrected chi connectivity index (χ3v) is 10.2. The van der Waals surface area contributed by atoms with E-state index < -0.39 is 5.97 Å². The number of ether oxygens (including phenoxy) is 1. The smallest absolute Gasteiger partial charge is 0.339 e. The third kappa shape index (κ3) is 6.38. The number of anilines is 2. The molecule has 5 fully saturated rings. The van der Waals surface area contributed by atoms with Crippen molar-refractivity contribution in [1.82, 2.24) is 10.2 Å². The normalized spacial score (nSPS) is 27.9. The van der Waals surface area contributed by atoms with Crippen LogP contribution in [0.2, 0.25) is 0 Å². The second-order valence-electron chi connectivity index (χ2n) is 14.6. The molecule has 8 heteroatoms. The lowest BCUT2D eigenvalue weighted by Crippen LogP contribution is -2.62. The van der Waals surface area contributed by atoms with Crippen LogP contribution in [-0.4, -0.2) is 54.6 Å². The largest absolute Gasteiger partial charge is 0.465 e. The monoisotopic (exact) mass is 586 g/mol. The van der Waals surface area contributed by atoms with Crippen molar-refractivity contribution >= 4 is 29.3 Å². The average molecular weight is 587 g/mol. The van der Waals surface area contributed by atoms with Crippen LogP contribution in [-0.2, 0) is 10.2 Å². The SMILES string of the molecule is COC(=O)c1ccc(NC(=O)c2ccc(C(C)(C)C)cc2)cc1NC1CCCN(C(=O)NC23CC4CC(CC(C4)C2)C3)C1. The molecule has 7 rings (SSSR count). The molecule has 2 aromatic rings. The van der Waals surface area contributed by atoms with E-state index in [4.69, 9.17) is 4.74 Å². The van der Waals surface area contributed by atoms with Crippen LogP contribution in [0.4, 0.5) is 16.2 Å². The molecule has 0 radical (unpaired) electrons. The highest BCUT2D eigenvalue weighted by Crippen LogP contribution is 2.55. The number of likely N-dealkylation sites (tertiary alicyclic amines) is 1. The second kappa shape index (κ2) is 11.5. The fourth-order valence-electron chi connectivity index (χ4n) is 8.42. The van der Waals surface area contributed by atoms with Gasteiger partial charge in [0.2, 0.25) is 0 Å². The molecule has 4 saturated carbocycles. The standard InChI is InChI=1S/C35H46N4O4/c1-34(2,3)26-9-7-25(8-10-26)31(40)37-27-11-12-29(32(41)43-4)30(17-27)36-28-6-5-13-39(21-28)33(42)38-35-18-22-14-23(19-35)16-24(15-22)20-35/h7-12,17,22-24,28,36H,5-6,13-16,18-21H2,1-4H3,(H,37,40)(H,38,42). The van der Waals surface area contributed by atoms with Gasteiger partial charge in [0.25, 0.3) is 5.91 Å². The molecule has 4 bridgehead atoms. The molecule has 1 aliphatic heterocycles. The Morgan fingerprint density at radius 3 is 2.19 bits per heavy atom. The lowest BCUT2D eigenvalue weighted by atomic mass is 9.53. The molecule has 230 valence electrons. The summed E-state index contributed by atoms with van der Waals surface area (Å²) in [5, 5.41) is 10.00. The number of carbonyl (C=O) groups excluding carboxylic acids is 3. The van der Waals surface area contributed by atoms with Crippen molar-refractivity contribution in [2.45, 2.75) is 89.1 Å². The maximum Gasteiger partial charge on any atom is 0.339 e. The van der Waals surface area contributed by atoms with Gasteiger partial charge in [0.05, 0.1) is 18.4 Å². The van der Waals surface area contributed by atoms with Crippen LogP contribution in [0.3, 0.4) is 0 Å². The van der Waals surface area contributed by atoms with E-state index in [9.17, 15) is 14.4 Å². The van der Waals surface area contributed by atoms with E-state index >= 15 is 0 Å². The van der Waals surface area contributed by atoms with E-state index in [1.807, 2.05) is 29.2 Å². The van der Waals surface area contributed by atoms with E-state index in [1.165, 1.54) is 26.4 Å². The molecule has 1 saturated heterocycles. The Balaban J connectivity index is 1.13. The first kappa shape index (κ1) is 29.5. The Kier molecular flexibility index (Phi) is 7.90. The van der Waals surface area contributed by atoms with Gasteiger partial charge < -0.3 is 25.6 Å². The average Bonchev–Trinajstić information content (AvgIpc) is 2.96. The summed E-state index contributed by atoms with van der Waals surface area (Å²) in [4.78, 5) is 41.2. The quantitative estimate of drug-likeness (QED) is 0.332. The van der Waals surface area contributed by atoms with Crippen molar-refractivity contribution in [3.05, 3.63) is 59.2 Å². The number of methoxy groups -OCH3 is 1. The molecule has 8 nitrogen and oxygen atoms in total. The van der Waals surface area contributed by atoms with Crippen LogP contribution in [0.5, 0.6) is 0 Å². The molecule has 3 N–H and O–H groups in total. The number of urea groups is 1. The highest BCUT2D eigenvalue weighted by Gasteiger charge is 2.52. The predicted octanol–water partition coefficient (Wildman–Crippen LogP) is 6.58. The van der Waals surface area contributed by atoms with Crippen molar-refractivity contribution in [3.8, 4) is 0 Å². The number of esters is 1. The predicted molar refractivity (Wildman–Crippen MR) is 169 cm³/mol. The van der Waals surface area contributed by atoms with Crippen LogP contribution in [0, 0.1) is 17.8 Å². The van der Waals surface area contributed by atoms with Crippen molar-refractivity contribution < 1.29 is 19.1 Å². The summed E-state index contributed by atoms with van der Waals surface area (Å²) in [5.41, 5.74) is 3.25. The number of nitrogens with zero attached hydrogens (tertiary/aromatic N) is 1. The van der Waals surface area contributed by atoms with Crippen molar-refractivity contribution in [2.75, 3.05) is 30.8 Å². The van der Waals surface area contributed by atoms with Crippen LogP contribution in [0.1, 0.15) is 98.4 Å². The highest BCUT2D eigenvalue weighted by molar-refractivity contribution is 6.05. The van der Waals surface area contributed by atoms with Crippen LogP contribution < -0.4 is 16.0 Å². The second-order valence-corrected chi connectivity index (χ2v) is 14.6. The summed E-state index contributed by atoms with van der Waals surface area (Å²) < 4.78 is 5.05. The highest BCUT2D eigenvalue weighted by atomic mass is 16.5. The first-order valence-electron chi connectivity index (χ1n) is 16.0. The molecular formula is C35H46N4O4. The molecular weight excluding hydrogens is 540 g/mol. The Hall–Kier alpha value is -3.55. The van der Waals surface area contributed by atoms with E-state index in [-0.39, 0.29) is 28.9 Å². The zero-order chi connectivity index (χ0) is 30.4. The molecule has 4 aliphatic carbocycles. The van der Waals surface area contributed by atoms with E-state index in [2.05, 4.69) is 36.7 Å². The number of nitrogens with one attached hydrogen (secondary N) is 3. The molecule has 5 aliphatic rings. The summed E-state index contributed by atoms with van der Waals surface area (Å²) >= 11 is 0. The Morgan fingerprint density at radius 2 is 1.58 bits per heavy atom. The maximum absolute atomic E-state index is 13.6. The van der Waals surface area contributed by atoms with Gasteiger partial charge in [0.1, 0.15) is 0 Å². The lowest BCUT2D eigenvalue weighted by Gasteiger charge is -2.57. The topological polar surface area (TPSA) is 99.8 Å². The van der Waals surface area contributed by atoms with E-state index in [0.717, 1.165) is 62.0 Å². The molecule has 2 aromatic carbocycles. The number of piperidine rings is 1. The molecule has 3 amide bonds. The number of rotatable bonds is 6. The summed E-state index contributed by atoms with van der Waals surface area (Å²) in [6.45, 7) is 7.70. The zero-order valence-electron chi connectivity index (χ0n) is 26.0. The molecule has 43 heavy (non-hydrogen) atoms. The summed E-state index contributed by atoms with van der Waals surface area (Å²) in [6.07, 6.45) is 9.16.